The van der Waals surface area contributed by atoms with Crippen molar-refractivity contribution in [3.8, 4) is 0 Å². The second-order valence-electron chi connectivity index (χ2n) is 9.43. The number of rotatable bonds is 5. The summed E-state index contributed by atoms with van der Waals surface area (Å²) in [6, 6.07) is 24.5. The van der Waals surface area contributed by atoms with E-state index in [4.69, 9.17) is 11.6 Å². The number of nitrogens with zero attached hydrogens (tertiary/aromatic N) is 1. The van der Waals surface area contributed by atoms with E-state index < -0.39 is 17.4 Å². The van der Waals surface area contributed by atoms with Gasteiger partial charge < -0.3 is 5.32 Å². The third-order valence-electron chi connectivity index (χ3n) is 7.56. The Hall–Kier alpha value is -3.48. The molecule has 176 valence electrons. The van der Waals surface area contributed by atoms with Crippen molar-refractivity contribution in [1.29, 1.82) is 0 Å². The highest BCUT2D eigenvalue weighted by atomic mass is 35.5. The number of amides is 3. The predicted molar refractivity (Wildman–Crippen MR) is 133 cm³/mol. The maximum absolute atomic E-state index is 13.9. The molecule has 0 aromatic heterocycles. The van der Waals surface area contributed by atoms with Gasteiger partial charge in [0.25, 0.3) is 0 Å². The van der Waals surface area contributed by atoms with E-state index in [2.05, 4.69) is 10.6 Å². The molecule has 3 amide bonds. The largest absolute Gasteiger partial charge is 0.323 e. The van der Waals surface area contributed by atoms with Crippen LogP contribution in [0.2, 0.25) is 5.02 Å². The number of para-hydroxylation sites is 1. The average molecular weight is 486 g/mol. The zero-order valence-electron chi connectivity index (χ0n) is 18.9. The molecule has 0 saturated carbocycles. The molecule has 1 spiro atoms. The molecule has 3 aliphatic rings. The highest BCUT2D eigenvalue weighted by Crippen LogP contribution is 2.54. The summed E-state index contributed by atoms with van der Waals surface area (Å²) in [4.78, 5) is 42.6. The Morgan fingerprint density at radius 3 is 2.23 bits per heavy atom. The van der Waals surface area contributed by atoms with Crippen molar-refractivity contribution in [1.82, 2.24) is 10.2 Å². The van der Waals surface area contributed by atoms with Crippen molar-refractivity contribution >= 4 is 35.0 Å². The third kappa shape index (κ3) is 3.32. The zero-order chi connectivity index (χ0) is 24.2. The fourth-order valence-electron chi connectivity index (χ4n) is 6.00. The van der Waals surface area contributed by atoms with Crippen LogP contribution in [0.3, 0.4) is 0 Å². The molecule has 3 aromatic rings. The summed E-state index contributed by atoms with van der Waals surface area (Å²) < 4.78 is 0. The number of anilines is 1. The monoisotopic (exact) mass is 485 g/mol. The van der Waals surface area contributed by atoms with Crippen LogP contribution in [0.15, 0.2) is 78.9 Å². The third-order valence-corrected chi connectivity index (χ3v) is 7.87. The topological polar surface area (TPSA) is 78.5 Å². The molecule has 0 bridgehead atoms. The van der Waals surface area contributed by atoms with E-state index >= 15 is 0 Å². The number of carbonyl (C=O) groups is 3. The SMILES string of the molecule is O=C1[C@@H]2[C@H](Cc3ccccc3)N[C@@]3(C(=O)Nc4c(Cl)cccc43)[C@@H]2C(=O)N1CCc1ccccc1. The van der Waals surface area contributed by atoms with Crippen LogP contribution in [0.5, 0.6) is 0 Å². The number of fused-ring (bicyclic) bond motifs is 4. The Bertz CT molecular complexity index is 1330. The minimum atomic E-state index is -1.33. The van der Waals surface area contributed by atoms with Crippen molar-refractivity contribution in [2.45, 2.75) is 24.4 Å². The molecule has 3 aliphatic heterocycles. The second-order valence-corrected chi connectivity index (χ2v) is 9.84. The highest BCUT2D eigenvalue weighted by molar-refractivity contribution is 6.35. The molecule has 0 unspecified atom stereocenters. The van der Waals surface area contributed by atoms with Crippen molar-refractivity contribution in [2.75, 3.05) is 11.9 Å². The average Bonchev–Trinajstić information content (AvgIpc) is 3.45. The van der Waals surface area contributed by atoms with Gasteiger partial charge in [-0.05, 0) is 30.0 Å². The van der Waals surface area contributed by atoms with E-state index in [9.17, 15) is 14.4 Å². The number of carbonyl (C=O) groups excluding carboxylic acids is 3. The van der Waals surface area contributed by atoms with Gasteiger partial charge >= 0.3 is 0 Å². The Labute approximate surface area is 208 Å². The Kier molecular flexibility index (Phi) is 5.24. The number of likely N-dealkylation sites (tertiary alicyclic amines) is 1. The Balaban J connectivity index is 1.41. The summed E-state index contributed by atoms with van der Waals surface area (Å²) in [6.45, 7) is 0.285. The number of hydrogen-bond donors (Lipinski definition) is 2. The van der Waals surface area contributed by atoms with Gasteiger partial charge in [0.2, 0.25) is 17.7 Å². The lowest BCUT2D eigenvalue weighted by molar-refractivity contribution is -0.142. The molecule has 4 atom stereocenters. The Morgan fingerprint density at radius 2 is 1.51 bits per heavy atom. The van der Waals surface area contributed by atoms with Crippen molar-refractivity contribution in [3.05, 3.63) is 101 Å². The number of halogens is 1. The summed E-state index contributed by atoms with van der Waals surface area (Å²) in [7, 11) is 0. The number of benzene rings is 3. The molecule has 3 aromatic carbocycles. The fourth-order valence-corrected chi connectivity index (χ4v) is 6.22. The lowest BCUT2D eigenvalue weighted by atomic mass is 9.76. The number of nitrogens with one attached hydrogen (secondary N) is 2. The highest BCUT2D eigenvalue weighted by Gasteiger charge is 2.70. The van der Waals surface area contributed by atoms with Crippen LogP contribution >= 0.6 is 11.6 Å². The van der Waals surface area contributed by atoms with Gasteiger partial charge in [0, 0.05) is 18.2 Å². The van der Waals surface area contributed by atoms with E-state index in [1.165, 1.54) is 4.90 Å². The van der Waals surface area contributed by atoms with Crippen LogP contribution in [0.25, 0.3) is 0 Å². The van der Waals surface area contributed by atoms with E-state index in [1.54, 1.807) is 12.1 Å². The molecule has 6 nitrogen and oxygen atoms in total. The molecule has 7 heteroatoms. The molecule has 0 radical (unpaired) electrons. The van der Waals surface area contributed by atoms with Gasteiger partial charge in [0.1, 0.15) is 5.54 Å². The maximum Gasteiger partial charge on any atom is 0.250 e. The van der Waals surface area contributed by atoms with E-state index in [0.29, 0.717) is 29.1 Å². The lowest BCUT2D eigenvalue weighted by Gasteiger charge is -2.29. The molecule has 3 heterocycles. The van der Waals surface area contributed by atoms with Gasteiger partial charge in [-0.3, -0.25) is 24.6 Å². The normalized spacial score (nSPS) is 26.8. The molecule has 0 aliphatic carbocycles. The van der Waals surface area contributed by atoms with Crippen LogP contribution in [0.1, 0.15) is 16.7 Å². The van der Waals surface area contributed by atoms with Crippen molar-refractivity contribution < 1.29 is 14.4 Å². The van der Waals surface area contributed by atoms with Crippen LogP contribution in [0, 0.1) is 11.8 Å². The number of imide groups is 1. The first-order valence-electron chi connectivity index (χ1n) is 11.8. The summed E-state index contributed by atoms with van der Waals surface area (Å²) in [6.07, 6.45) is 1.09. The second kappa shape index (κ2) is 8.33. The first kappa shape index (κ1) is 22.0. The standard InChI is InChI=1S/C28H24ClN3O3/c29-20-13-7-12-19-24(20)30-27(35)28(19)23-22(21(31-28)16-18-10-5-2-6-11-18)25(33)32(26(23)34)15-14-17-8-3-1-4-9-17/h1-13,21-23,31H,14-16H2,(H,30,35)/t21-,22+,23-,28+/m0/s1. The van der Waals surface area contributed by atoms with E-state index in [0.717, 1.165) is 11.1 Å². The van der Waals surface area contributed by atoms with Gasteiger partial charge in [0.05, 0.1) is 22.5 Å². The van der Waals surface area contributed by atoms with Crippen molar-refractivity contribution in [3.63, 3.8) is 0 Å². The van der Waals surface area contributed by atoms with Crippen LogP contribution < -0.4 is 10.6 Å². The van der Waals surface area contributed by atoms with Crippen molar-refractivity contribution in [2.24, 2.45) is 11.8 Å². The molecule has 35 heavy (non-hydrogen) atoms. The summed E-state index contributed by atoms with van der Waals surface area (Å²) in [5.41, 5.74) is 1.89. The first-order chi connectivity index (χ1) is 17.0. The molecule has 2 N–H and O–H groups in total. The van der Waals surface area contributed by atoms with E-state index in [-0.39, 0.29) is 30.3 Å². The summed E-state index contributed by atoms with van der Waals surface area (Å²) >= 11 is 6.41. The van der Waals surface area contributed by atoms with Gasteiger partial charge in [-0.2, -0.15) is 0 Å². The predicted octanol–water partition coefficient (Wildman–Crippen LogP) is 3.55. The number of hydrogen-bond acceptors (Lipinski definition) is 4. The Morgan fingerprint density at radius 1 is 0.829 bits per heavy atom. The minimum absolute atomic E-state index is 0.218. The van der Waals surface area contributed by atoms with Crippen LogP contribution in [-0.2, 0) is 32.8 Å². The van der Waals surface area contributed by atoms with Gasteiger partial charge in [-0.1, -0.05) is 84.4 Å². The summed E-state index contributed by atoms with van der Waals surface area (Å²) in [5.74, 6) is -2.34. The quantitative estimate of drug-likeness (QED) is 0.542. The van der Waals surface area contributed by atoms with Gasteiger partial charge in [-0.15, -0.1) is 0 Å². The lowest BCUT2D eigenvalue weighted by Crippen LogP contribution is -2.53. The molecule has 2 saturated heterocycles. The van der Waals surface area contributed by atoms with Crippen LogP contribution in [0.4, 0.5) is 5.69 Å². The summed E-state index contributed by atoms with van der Waals surface area (Å²) in [5, 5.41) is 6.77. The molecule has 6 rings (SSSR count). The zero-order valence-corrected chi connectivity index (χ0v) is 19.7. The fraction of sp³-hybridized carbons (Fsp3) is 0.250. The molecular weight excluding hydrogens is 462 g/mol. The molecular formula is C28H24ClN3O3. The van der Waals surface area contributed by atoms with E-state index in [1.807, 2.05) is 66.7 Å². The minimum Gasteiger partial charge on any atom is -0.323 e. The first-order valence-corrected chi connectivity index (χ1v) is 12.2. The van der Waals surface area contributed by atoms with Crippen LogP contribution in [-0.4, -0.2) is 35.2 Å². The molecule has 2 fully saturated rings. The maximum atomic E-state index is 13.9. The van der Waals surface area contributed by atoms with Gasteiger partial charge in [0.15, 0.2) is 0 Å². The van der Waals surface area contributed by atoms with Gasteiger partial charge in [-0.25, -0.2) is 0 Å². The smallest absolute Gasteiger partial charge is 0.250 e.